The molecule has 2 aromatic carbocycles. The van der Waals surface area contributed by atoms with Gasteiger partial charge in [-0.25, -0.2) is 24.5 Å². The summed E-state index contributed by atoms with van der Waals surface area (Å²) < 4.78 is 10.6. The van der Waals surface area contributed by atoms with Crippen LogP contribution in [-0.4, -0.2) is 93.6 Å². The number of aryl methyl sites for hydroxylation is 1. The zero-order valence-electron chi connectivity index (χ0n) is 29.1. The van der Waals surface area contributed by atoms with Crippen molar-refractivity contribution in [1.82, 2.24) is 51.1 Å². The minimum Gasteiger partial charge on any atom is -0.453 e. The van der Waals surface area contributed by atoms with Gasteiger partial charge in [0.05, 0.1) is 50.0 Å². The number of carbonyl (C=O) groups excluding carboxylic acids is 4. The third kappa shape index (κ3) is 8.75. The van der Waals surface area contributed by atoms with E-state index in [0.717, 1.165) is 77.3 Å². The molecule has 0 spiro atoms. The summed E-state index contributed by atoms with van der Waals surface area (Å²) in [6.07, 6.45) is 6.88. The van der Waals surface area contributed by atoms with Crippen LogP contribution in [0.15, 0.2) is 59.3 Å². The van der Waals surface area contributed by atoms with E-state index in [1.54, 1.807) is 17.3 Å². The van der Waals surface area contributed by atoms with Crippen LogP contribution in [0.4, 0.5) is 9.59 Å². The molecule has 1 unspecified atom stereocenters. The number of amides is 5. The van der Waals surface area contributed by atoms with Crippen molar-refractivity contribution < 1.29 is 28.3 Å². The predicted octanol–water partition coefficient (Wildman–Crippen LogP) is 4.05. The van der Waals surface area contributed by atoms with Gasteiger partial charge in [0.15, 0.2) is 5.58 Å². The van der Waals surface area contributed by atoms with Crippen molar-refractivity contribution >= 4 is 35.0 Å². The van der Waals surface area contributed by atoms with E-state index in [9.17, 15) is 19.2 Å². The molecule has 1 aliphatic rings. The molecule has 3 aromatic heterocycles. The zero-order chi connectivity index (χ0) is 36.5. The number of unbranched alkanes of at least 4 members (excludes halogenated alkanes) is 1. The summed E-state index contributed by atoms with van der Waals surface area (Å²) in [5.74, 6) is 1.65. The van der Waals surface area contributed by atoms with Crippen LogP contribution in [0.5, 0.6) is 0 Å². The third-order valence-electron chi connectivity index (χ3n) is 8.73. The van der Waals surface area contributed by atoms with Gasteiger partial charge in [-0.3, -0.25) is 9.59 Å². The highest BCUT2D eigenvalue weighted by molar-refractivity contribution is 5.85. The lowest BCUT2D eigenvalue weighted by molar-refractivity contribution is -0.131. The van der Waals surface area contributed by atoms with Crippen molar-refractivity contribution in [2.45, 2.75) is 45.1 Å². The van der Waals surface area contributed by atoms with Gasteiger partial charge >= 0.3 is 12.1 Å². The molecule has 0 saturated carbocycles. The molecule has 0 radical (unpaired) electrons. The maximum Gasteiger partial charge on any atom is 0.407 e. The monoisotopic (exact) mass is 710 g/mol. The lowest BCUT2D eigenvalue weighted by atomic mass is 10.1. The fourth-order valence-corrected chi connectivity index (χ4v) is 6.06. The number of carbonyl (C=O) groups is 4. The minimum absolute atomic E-state index is 0.0643. The van der Waals surface area contributed by atoms with E-state index in [0.29, 0.717) is 31.1 Å². The van der Waals surface area contributed by atoms with Crippen LogP contribution >= 0.6 is 0 Å². The first-order valence-electron chi connectivity index (χ1n) is 17.3. The summed E-state index contributed by atoms with van der Waals surface area (Å²) in [4.78, 5) is 69.8. The van der Waals surface area contributed by atoms with Crippen molar-refractivity contribution in [2.24, 2.45) is 0 Å². The number of ether oxygens (including phenoxy) is 1. The molecule has 1 aliphatic heterocycles. The van der Waals surface area contributed by atoms with E-state index < -0.39 is 6.09 Å². The van der Waals surface area contributed by atoms with Gasteiger partial charge in [-0.15, -0.1) is 0 Å². The number of benzene rings is 2. The lowest BCUT2D eigenvalue weighted by Gasteiger charge is -2.23. The number of imidazole rings is 2. The predicted molar refractivity (Wildman–Crippen MR) is 192 cm³/mol. The summed E-state index contributed by atoms with van der Waals surface area (Å²) >= 11 is 0. The SMILES string of the molecule is CCNC(=O)NCC(=O)N1CCCC1c1ncc(-c2ccc(-c3nc4ccc(-c5cnc(CCCCNC(=O)CNC(=O)OC)[nH]5)cc4o3)cc2)[nH]1. The standard InChI is InChI=1S/C36H42N10O6/c1-3-37-35(49)41-21-32(48)46-16-6-7-28(46)33-40-19-26(44-33)22-9-11-23(12-10-22)34-45-25-14-13-24(17-29(25)52-34)27-18-39-30(43-27)8-4-5-15-38-31(47)20-42-36(50)51-2/h9-14,17-19,28H,3-8,15-16,20-21H2,1-2H3,(H,38,47)(H,39,43)(H,40,44)(H,42,50)(H2,37,41,49). The Bertz CT molecular complexity index is 2020. The van der Waals surface area contributed by atoms with Crippen LogP contribution in [0.2, 0.25) is 0 Å². The molecule has 52 heavy (non-hydrogen) atoms. The average Bonchev–Trinajstić information content (AvgIpc) is 3.99. The molecule has 1 atom stereocenters. The van der Waals surface area contributed by atoms with Crippen LogP contribution in [0.1, 0.15) is 50.3 Å². The number of alkyl carbamates (subject to hydrolysis) is 1. The van der Waals surface area contributed by atoms with E-state index in [1.165, 1.54) is 7.11 Å². The first-order valence-corrected chi connectivity index (χ1v) is 17.3. The Kier molecular flexibility index (Phi) is 11.4. The first-order chi connectivity index (χ1) is 25.3. The number of nitrogens with zero attached hydrogens (tertiary/aromatic N) is 4. The summed E-state index contributed by atoms with van der Waals surface area (Å²) in [5, 5.41) is 10.4. The molecular formula is C36H42N10O6. The van der Waals surface area contributed by atoms with E-state index in [4.69, 9.17) is 9.40 Å². The maximum atomic E-state index is 12.8. The number of likely N-dealkylation sites (tertiary alicyclic amines) is 1. The number of hydrogen-bond donors (Lipinski definition) is 6. The molecule has 16 nitrogen and oxygen atoms in total. The summed E-state index contributed by atoms with van der Waals surface area (Å²) in [6, 6.07) is 13.1. The van der Waals surface area contributed by atoms with Gasteiger partial charge in [-0.05, 0) is 62.4 Å². The largest absolute Gasteiger partial charge is 0.453 e. The van der Waals surface area contributed by atoms with E-state index in [-0.39, 0.29) is 37.0 Å². The Hall–Kier alpha value is -6.19. The van der Waals surface area contributed by atoms with Crippen LogP contribution in [0.3, 0.4) is 0 Å². The molecule has 16 heteroatoms. The quantitative estimate of drug-likeness (QED) is 0.0917. The van der Waals surface area contributed by atoms with Crippen LogP contribution < -0.4 is 21.3 Å². The van der Waals surface area contributed by atoms with Gasteiger partial charge in [0, 0.05) is 37.2 Å². The second-order valence-corrected chi connectivity index (χ2v) is 12.3. The number of aromatic nitrogens is 5. The number of fused-ring (bicyclic) bond motifs is 1. The lowest BCUT2D eigenvalue weighted by Crippen LogP contribution is -2.43. The number of oxazole rings is 1. The molecule has 5 amide bonds. The molecule has 6 rings (SSSR count). The first kappa shape index (κ1) is 35.6. The van der Waals surface area contributed by atoms with E-state index >= 15 is 0 Å². The van der Waals surface area contributed by atoms with Gasteiger partial charge in [0.25, 0.3) is 0 Å². The number of nitrogens with one attached hydrogen (secondary N) is 6. The maximum absolute atomic E-state index is 12.8. The fourth-order valence-electron chi connectivity index (χ4n) is 6.06. The molecule has 6 N–H and O–H groups in total. The van der Waals surface area contributed by atoms with Crippen molar-refractivity contribution in [1.29, 1.82) is 0 Å². The molecule has 4 heterocycles. The Morgan fingerprint density at radius 3 is 2.48 bits per heavy atom. The number of aromatic amines is 2. The van der Waals surface area contributed by atoms with Crippen molar-refractivity contribution in [2.75, 3.05) is 39.8 Å². The molecular weight excluding hydrogens is 668 g/mol. The highest BCUT2D eigenvalue weighted by Crippen LogP contribution is 2.33. The number of rotatable bonds is 14. The Balaban J connectivity index is 1.03. The Labute approximate surface area is 299 Å². The summed E-state index contributed by atoms with van der Waals surface area (Å²) in [6.45, 7) is 3.23. The number of H-pyrrole nitrogens is 2. The number of hydrogen-bond acceptors (Lipinski definition) is 9. The Morgan fingerprint density at radius 2 is 1.67 bits per heavy atom. The highest BCUT2D eigenvalue weighted by Gasteiger charge is 2.32. The van der Waals surface area contributed by atoms with Crippen LogP contribution in [0, 0.1) is 0 Å². The van der Waals surface area contributed by atoms with Crippen LogP contribution in [-0.2, 0) is 20.7 Å². The van der Waals surface area contributed by atoms with E-state index in [2.05, 4.69) is 45.9 Å². The topological polar surface area (TPSA) is 212 Å². The molecule has 5 aromatic rings. The van der Waals surface area contributed by atoms with Gasteiger partial charge < -0.3 is 45.3 Å². The second kappa shape index (κ2) is 16.7. The normalized spacial score (nSPS) is 14.0. The summed E-state index contributed by atoms with van der Waals surface area (Å²) in [5.41, 5.74) is 5.77. The molecule has 1 fully saturated rings. The van der Waals surface area contributed by atoms with Crippen molar-refractivity contribution in [3.05, 3.63) is 66.5 Å². The van der Waals surface area contributed by atoms with Gasteiger partial charge in [0.1, 0.15) is 17.2 Å². The molecule has 0 aliphatic carbocycles. The number of methoxy groups -OCH3 is 1. The second-order valence-electron chi connectivity index (χ2n) is 12.3. The average molecular weight is 711 g/mol. The zero-order valence-corrected chi connectivity index (χ0v) is 29.1. The Morgan fingerprint density at radius 1 is 0.904 bits per heavy atom. The molecule has 272 valence electrons. The van der Waals surface area contributed by atoms with Crippen molar-refractivity contribution in [3.63, 3.8) is 0 Å². The highest BCUT2D eigenvalue weighted by atomic mass is 16.5. The minimum atomic E-state index is -0.644. The van der Waals surface area contributed by atoms with Crippen molar-refractivity contribution in [3.8, 4) is 34.0 Å². The number of urea groups is 1. The van der Waals surface area contributed by atoms with Crippen LogP contribution in [0.25, 0.3) is 45.1 Å². The van der Waals surface area contributed by atoms with E-state index in [1.807, 2.05) is 49.4 Å². The molecule has 0 bridgehead atoms. The summed E-state index contributed by atoms with van der Waals surface area (Å²) in [7, 11) is 1.24. The van der Waals surface area contributed by atoms with Gasteiger partial charge in [0.2, 0.25) is 17.7 Å². The smallest absolute Gasteiger partial charge is 0.407 e. The van der Waals surface area contributed by atoms with Gasteiger partial charge in [-0.2, -0.15) is 0 Å². The third-order valence-corrected chi connectivity index (χ3v) is 8.73. The van der Waals surface area contributed by atoms with Gasteiger partial charge in [-0.1, -0.05) is 18.2 Å². The molecule has 1 saturated heterocycles. The fraction of sp³-hybridized carbons (Fsp3) is 0.361.